The highest BCUT2D eigenvalue weighted by Gasteiger charge is 2.23. The number of fused-ring (bicyclic) bond motifs is 1. The Bertz CT molecular complexity index is 697. The summed E-state index contributed by atoms with van der Waals surface area (Å²) < 4.78 is 11.9. The van der Waals surface area contributed by atoms with E-state index in [9.17, 15) is 9.59 Å². The van der Waals surface area contributed by atoms with E-state index in [-0.39, 0.29) is 22.2 Å². The summed E-state index contributed by atoms with van der Waals surface area (Å²) in [6.07, 6.45) is 2.14. The molecule has 0 aliphatic rings. The number of furan rings is 1. The number of carbonyl (C=O) groups is 1. The molecule has 2 heterocycles. The lowest BCUT2D eigenvalue weighted by Gasteiger charge is -2.06. The van der Waals surface area contributed by atoms with Crippen LogP contribution in [-0.2, 0) is 11.8 Å². The molecule has 0 bridgehead atoms. The Kier molecular flexibility index (Phi) is 3.92. The van der Waals surface area contributed by atoms with Gasteiger partial charge in [-0.25, -0.2) is 9.78 Å². The van der Waals surface area contributed by atoms with Crippen molar-refractivity contribution in [3.8, 4) is 0 Å². The summed E-state index contributed by atoms with van der Waals surface area (Å²) >= 11 is 0. The molecule has 0 aliphatic carbocycles. The SMILES string of the molecule is Cc1oc2ncn(C)c(=O)c2c1C(=O)OCCC(C)C. The maximum absolute atomic E-state index is 12.1. The molecule has 0 aliphatic heterocycles. The number of hydrogen-bond acceptors (Lipinski definition) is 5. The molecule has 0 amide bonds. The predicted octanol–water partition coefficient (Wildman–Crippen LogP) is 2.04. The lowest BCUT2D eigenvalue weighted by atomic mass is 10.1. The quantitative estimate of drug-likeness (QED) is 0.800. The Morgan fingerprint density at radius 1 is 1.50 bits per heavy atom. The molecular formula is C14H18N2O4. The van der Waals surface area contributed by atoms with E-state index in [4.69, 9.17) is 9.15 Å². The first-order valence-electron chi connectivity index (χ1n) is 6.53. The van der Waals surface area contributed by atoms with Gasteiger partial charge in [-0.1, -0.05) is 13.8 Å². The smallest absolute Gasteiger partial charge is 0.342 e. The van der Waals surface area contributed by atoms with Crippen molar-refractivity contribution in [2.75, 3.05) is 6.61 Å². The topological polar surface area (TPSA) is 74.3 Å². The van der Waals surface area contributed by atoms with Gasteiger partial charge in [-0.2, -0.15) is 0 Å². The molecule has 0 saturated carbocycles. The van der Waals surface area contributed by atoms with Crippen molar-refractivity contribution in [1.82, 2.24) is 9.55 Å². The fourth-order valence-corrected chi connectivity index (χ4v) is 1.89. The van der Waals surface area contributed by atoms with Gasteiger partial charge in [-0.15, -0.1) is 0 Å². The van der Waals surface area contributed by atoms with Gasteiger partial charge in [0.25, 0.3) is 5.56 Å². The normalized spacial score (nSPS) is 11.2. The van der Waals surface area contributed by atoms with Gasteiger partial charge in [-0.05, 0) is 19.3 Å². The number of rotatable bonds is 4. The molecule has 2 rings (SSSR count). The summed E-state index contributed by atoms with van der Waals surface area (Å²) in [5.41, 5.74) is 0.0292. The average molecular weight is 278 g/mol. The standard InChI is InChI=1S/C14H18N2O4/c1-8(2)5-6-19-14(18)10-9(3)20-12-11(10)13(17)16(4)7-15-12/h7-8H,5-6H2,1-4H3. The molecule has 0 spiro atoms. The highest BCUT2D eigenvalue weighted by molar-refractivity contribution is 6.03. The van der Waals surface area contributed by atoms with Crippen molar-refractivity contribution in [2.24, 2.45) is 13.0 Å². The zero-order valence-electron chi connectivity index (χ0n) is 12.1. The van der Waals surface area contributed by atoms with E-state index in [1.165, 1.54) is 10.9 Å². The van der Waals surface area contributed by atoms with Crippen LogP contribution in [0.15, 0.2) is 15.5 Å². The Morgan fingerprint density at radius 2 is 2.20 bits per heavy atom. The molecule has 6 heteroatoms. The summed E-state index contributed by atoms with van der Waals surface area (Å²) in [5.74, 6) is 0.261. The molecule has 0 unspecified atom stereocenters. The van der Waals surface area contributed by atoms with E-state index in [0.717, 1.165) is 6.42 Å². The number of ether oxygens (including phenoxy) is 1. The average Bonchev–Trinajstić information content (AvgIpc) is 2.70. The zero-order chi connectivity index (χ0) is 14.9. The fourth-order valence-electron chi connectivity index (χ4n) is 1.89. The lowest BCUT2D eigenvalue weighted by Crippen LogP contribution is -2.19. The van der Waals surface area contributed by atoms with E-state index < -0.39 is 5.97 Å². The largest absolute Gasteiger partial charge is 0.462 e. The maximum Gasteiger partial charge on any atom is 0.342 e. The van der Waals surface area contributed by atoms with Crippen LogP contribution in [0.4, 0.5) is 0 Å². The number of esters is 1. The van der Waals surface area contributed by atoms with Crippen LogP contribution in [0.1, 0.15) is 36.4 Å². The van der Waals surface area contributed by atoms with Crippen LogP contribution >= 0.6 is 0 Å². The van der Waals surface area contributed by atoms with Crippen molar-refractivity contribution >= 4 is 17.1 Å². The van der Waals surface area contributed by atoms with Gasteiger partial charge >= 0.3 is 5.97 Å². The molecule has 0 saturated heterocycles. The van der Waals surface area contributed by atoms with Crippen molar-refractivity contribution in [3.05, 3.63) is 28.0 Å². The molecule has 0 atom stereocenters. The number of aromatic nitrogens is 2. The van der Waals surface area contributed by atoms with Crippen LogP contribution in [0.3, 0.4) is 0 Å². The van der Waals surface area contributed by atoms with Gasteiger partial charge in [0.15, 0.2) is 0 Å². The second-order valence-electron chi connectivity index (χ2n) is 5.19. The van der Waals surface area contributed by atoms with Crippen LogP contribution in [0.5, 0.6) is 0 Å². The Morgan fingerprint density at radius 3 is 2.85 bits per heavy atom. The van der Waals surface area contributed by atoms with Gasteiger partial charge in [-0.3, -0.25) is 4.79 Å². The monoisotopic (exact) mass is 278 g/mol. The van der Waals surface area contributed by atoms with Crippen LogP contribution in [0.2, 0.25) is 0 Å². The molecule has 6 nitrogen and oxygen atoms in total. The Labute approximate surface area is 116 Å². The molecule has 0 fully saturated rings. The van der Waals surface area contributed by atoms with Crippen molar-refractivity contribution < 1.29 is 13.9 Å². The van der Waals surface area contributed by atoms with Crippen LogP contribution < -0.4 is 5.56 Å². The third kappa shape index (κ3) is 2.59. The highest BCUT2D eigenvalue weighted by atomic mass is 16.5. The molecule has 20 heavy (non-hydrogen) atoms. The summed E-state index contributed by atoms with van der Waals surface area (Å²) in [6.45, 7) is 6.04. The summed E-state index contributed by atoms with van der Waals surface area (Å²) in [4.78, 5) is 28.2. The molecule has 2 aromatic heterocycles. The van der Waals surface area contributed by atoms with E-state index in [1.807, 2.05) is 13.8 Å². The number of aryl methyl sites for hydroxylation is 2. The van der Waals surface area contributed by atoms with Gasteiger partial charge < -0.3 is 13.7 Å². The maximum atomic E-state index is 12.1. The minimum absolute atomic E-state index is 0.168. The molecule has 0 aromatic carbocycles. The lowest BCUT2D eigenvalue weighted by molar-refractivity contribution is 0.0488. The Balaban J connectivity index is 2.38. The number of nitrogens with zero attached hydrogens (tertiary/aromatic N) is 2. The minimum Gasteiger partial charge on any atom is -0.462 e. The fraction of sp³-hybridized carbons (Fsp3) is 0.500. The Hall–Kier alpha value is -2.11. The minimum atomic E-state index is -0.535. The molecule has 0 radical (unpaired) electrons. The zero-order valence-corrected chi connectivity index (χ0v) is 12.1. The first-order valence-corrected chi connectivity index (χ1v) is 6.53. The van der Waals surface area contributed by atoms with Gasteiger partial charge in [0.05, 0.1) is 6.61 Å². The highest BCUT2D eigenvalue weighted by Crippen LogP contribution is 2.21. The molecule has 2 aromatic rings. The summed E-state index contributed by atoms with van der Waals surface area (Å²) in [7, 11) is 1.57. The van der Waals surface area contributed by atoms with Gasteiger partial charge in [0.2, 0.25) is 5.71 Å². The van der Waals surface area contributed by atoms with Crippen LogP contribution in [-0.4, -0.2) is 22.1 Å². The van der Waals surface area contributed by atoms with E-state index >= 15 is 0 Å². The second kappa shape index (κ2) is 5.48. The third-order valence-corrected chi connectivity index (χ3v) is 3.08. The third-order valence-electron chi connectivity index (χ3n) is 3.08. The number of carbonyl (C=O) groups excluding carboxylic acids is 1. The molecule has 108 valence electrons. The summed E-state index contributed by atoms with van der Waals surface area (Å²) in [5, 5.41) is 0.182. The van der Waals surface area contributed by atoms with Crippen LogP contribution in [0, 0.1) is 12.8 Å². The molecule has 0 N–H and O–H groups in total. The molecular weight excluding hydrogens is 260 g/mol. The number of hydrogen-bond donors (Lipinski definition) is 0. The van der Waals surface area contributed by atoms with Gasteiger partial charge in [0, 0.05) is 7.05 Å². The second-order valence-corrected chi connectivity index (χ2v) is 5.19. The van der Waals surface area contributed by atoms with Crippen molar-refractivity contribution in [2.45, 2.75) is 27.2 Å². The van der Waals surface area contributed by atoms with E-state index in [0.29, 0.717) is 18.3 Å². The predicted molar refractivity (Wildman–Crippen MR) is 73.7 cm³/mol. The first-order chi connectivity index (χ1) is 9.41. The van der Waals surface area contributed by atoms with Crippen molar-refractivity contribution in [3.63, 3.8) is 0 Å². The van der Waals surface area contributed by atoms with Crippen molar-refractivity contribution in [1.29, 1.82) is 0 Å². The van der Waals surface area contributed by atoms with E-state index in [2.05, 4.69) is 4.98 Å². The van der Waals surface area contributed by atoms with Gasteiger partial charge in [0.1, 0.15) is 23.0 Å². The van der Waals surface area contributed by atoms with E-state index in [1.54, 1.807) is 14.0 Å². The van der Waals surface area contributed by atoms with Crippen LogP contribution in [0.25, 0.3) is 11.1 Å². The first kappa shape index (κ1) is 14.3. The summed E-state index contributed by atoms with van der Waals surface area (Å²) in [6, 6.07) is 0.